The van der Waals surface area contributed by atoms with Crippen LogP contribution in [0.4, 0.5) is 15.8 Å². The Labute approximate surface area is 203 Å². The minimum Gasteiger partial charge on any atom is -0.493 e. The van der Waals surface area contributed by atoms with E-state index >= 15 is 0 Å². The molecule has 3 aromatic rings. The van der Waals surface area contributed by atoms with Gasteiger partial charge in [-0.15, -0.1) is 0 Å². The van der Waals surface area contributed by atoms with Crippen LogP contribution in [0, 0.1) is 5.82 Å². The zero-order chi connectivity index (χ0) is 25.4. The molecule has 0 aliphatic carbocycles. The summed E-state index contributed by atoms with van der Waals surface area (Å²) < 4.78 is 35.3. The van der Waals surface area contributed by atoms with Crippen LogP contribution in [0.25, 0.3) is 0 Å². The van der Waals surface area contributed by atoms with Crippen molar-refractivity contribution >= 4 is 23.2 Å². The summed E-state index contributed by atoms with van der Waals surface area (Å²) in [4.78, 5) is 25.8. The molecular formula is C26H27FN2O6. The number of carbonyl (C=O) groups excluding carboxylic acids is 2. The first kappa shape index (κ1) is 25.4. The van der Waals surface area contributed by atoms with Gasteiger partial charge in [-0.2, -0.15) is 0 Å². The van der Waals surface area contributed by atoms with Crippen LogP contribution in [0.5, 0.6) is 23.0 Å². The first-order valence-electron chi connectivity index (χ1n) is 10.9. The lowest BCUT2D eigenvalue weighted by Gasteiger charge is -2.18. The number of para-hydroxylation sites is 1. The van der Waals surface area contributed by atoms with Crippen LogP contribution in [-0.2, 0) is 0 Å². The molecule has 3 aromatic carbocycles. The molecule has 0 atom stereocenters. The molecular weight excluding hydrogens is 455 g/mol. The van der Waals surface area contributed by atoms with E-state index in [9.17, 15) is 14.0 Å². The fraction of sp³-hybridized carbons (Fsp3) is 0.231. The minimum absolute atomic E-state index is 0.265. The highest BCUT2D eigenvalue weighted by Crippen LogP contribution is 2.38. The number of anilines is 2. The highest BCUT2D eigenvalue weighted by Gasteiger charge is 2.20. The summed E-state index contributed by atoms with van der Waals surface area (Å²) >= 11 is 0. The Morgan fingerprint density at radius 2 is 1.34 bits per heavy atom. The van der Waals surface area contributed by atoms with E-state index in [4.69, 9.17) is 18.9 Å². The number of nitrogens with one attached hydrogen (secondary N) is 2. The van der Waals surface area contributed by atoms with Crippen molar-refractivity contribution in [2.24, 2.45) is 0 Å². The third kappa shape index (κ3) is 6.00. The zero-order valence-corrected chi connectivity index (χ0v) is 19.9. The van der Waals surface area contributed by atoms with E-state index in [1.54, 1.807) is 44.2 Å². The quantitative estimate of drug-likeness (QED) is 0.415. The maximum absolute atomic E-state index is 13.2. The van der Waals surface area contributed by atoms with Crippen LogP contribution < -0.4 is 29.6 Å². The van der Waals surface area contributed by atoms with Crippen LogP contribution in [0.15, 0.2) is 54.6 Å². The topological polar surface area (TPSA) is 95.1 Å². The average Bonchev–Trinajstić information content (AvgIpc) is 2.86. The van der Waals surface area contributed by atoms with Gasteiger partial charge in [0.2, 0.25) is 0 Å². The van der Waals surface area contributed by atoms with Gasteiger partial charge in [-0.3, -0.25) is 9.59 Å². The van der Waals surface area contributed by atoms with E-state index in [0.717, 1.165) is 0 Å². The number of hydrogen-bond acceptors (Lipinski definition) is 6. The van der Waals surface area contributed by atoms with Crippen molar-refractivity contribution < 1.29 is 32.9 Å². The van der Waals surface area contributed by atoms with Crippen molar-refractivity contribution in [1.29, 1.82) is 0 Å². The first-order chi connectivity index (χ1) is 16.9. The zero-order valence-electron chi connectivity index (χ0n) is 19.9. The van der Waals surface area contributed by atoms with Gasteiger partial charge < -0.3 is 29.6 Å². The lowest BCUT2D eigenvalue weighted by Crippen LogP contribution is -2.16. The Morgan fingerprint density at radius 1 is 0.771 bits per heavy atom. The molecule has 0 saturated heterocycles. The van der Waals surface area contributed by atoms with E-state index < -0.39 is 17.6 Å². The monoisotopic (exact) mass is 482 g/mol. The predicted octanol–water partition coefficient (Wildman–Crippen LogP) is 5.14. The fourth-order valence-electron chi connectivity index (χ4n) is 3.36. The third-order valence-corrected chi connectivity index (χ3v) is 4.93. The molecule has 0 aromatic heterocycles. The van der Waals surface area contributed by atoms with E-state index in [0.29, 0.717) is 47.6 Å². The number of hydrogen-bond donors (Lipinski definition) is 2. The van der Waals surface area contributed by atoms with Crippen molar-refractivity contribution in [2.45, 2.75) is 13.8 Å². The summed E-state index contributed by atoms with van der Waals surface area (Å²) in [5, 5.41) is 5.58. The van der Waals surface area contributed by atoms with Crippen molar-refractivity contribution in [2.75, 3.05) is 38.1 Å². The molecule has 0 heterocycles. The summed E-state index contributed by atoms with van der Waals surface area (Å²) in [6, 6.07) is 13.3. The summed E-state index contributed by atoms with van der Waals surface area (Å²) in [5.41, 5.74) is 1.21. The standard InChI is InChI=1S/C26H27FN2O6/c1-5-34-22-15-20(29-26(31)18-8-7-9-21(32-3)24(18)33-4)23(35-6-2)14-19(22)28-25(30)16-10-12-17(27)13-11-16/h7-15H,5-6H2,1-4H3,(H,28,30)(H,29,31). The van der Waals surface area contributed by atoms with Gasteiger partial charge in [-0.05, 0) is 50.2 Å². The van der Waals surface area contributed by atoms with Crippen molar-refractivity contribution in [3.8, 4) is 23.0 Å². The summed E-state index contributed by atoms with van der Waals surface area (Å²) in [6.45, 7) is 4.21. The molecule has 0 spiro atoms. The van der Waals surface area contributed by atoms with E-state index in [1.165, 1.54) is 38.5 Å². The Bertz CT molecular complexity index is 1200. The molecule has 0 bridgehead atoms. The van der Waals surface area contributed by atoms with Gasteiger partial charge in [-0.1, -0.05) is 6.07 Å². The van der Waals surface area contributed by atoms with Crippen molar-refractivity contribution in [3.05, 3.63) is 71.5 Å². The Morgan fingerprint density at radius 3 is 1.86 bits per heavy atom. The van der Waals surface area contributed by atoms with Crippen LogP contribution >= 0.6 is 0 Å². The Kier molecular flexibility index (Phi) is 8.50. The van der Waals surface area contributed by atoms with Gasteiger partial charge in [0.15, 0.2) is 11.5 Å². The smallest absolute Gasteiger partial charge is 0.259 e. The normalized spacial score (nSPS) is 10.3. The van der Waals surface area contributed by atoms with Crippen LogP contribution in [0.2, 0.25) is 0 Å². The number of ether oxygens (including phenoxy) is 4. The van der Waals surface area contributed by atoms with Crippen molar-refractivity contribution in [1.82, 2.24) is 0 Å². The molecule has 0 aliphatic rings. The molecule has 0 fully saturated rings. The third-order valence-electron chi connectivity index (χ3n) is 4.93. The fourth-order valence-corrected chi connectivity index (χ4v) is 3.36. The van der Waals surface area contributed by atoms with E-state index in [1.807, 2.05) is 0 Å². The SMILES string of the molecule is CCOc1cc(NC(=O)c2cccc(OC)c2OC)c(OCC)cc1NC(=O)c1ccc(F)cc1. The van der Waals surface area contributed by atoms with Gasteiger partial charge >= 0.3 is 0 Å². The van der Waals surface area contributed by atoms with Gasteiger partial charge in [-0.25, -0.2) is 4.39 Å². The summed E-state index contributed by atoms with van der Waals surface area (Å²) in [7, 11) is 2.94. The molecule has 9 heteroatoms. The minimum atomic E-state index is -0.452. The van der Waals surface area contributed by atoms with Crippen LogP contribution in [-0.4, -0.2) is 39.2 Å². The van der Waals surface area contributed by atoms with Gasteiger partial charge in [0.25, 0.3) is 11.8 Å². The predicted molar refractivity (Wildman–Crippen MR) is 131 cm³/mol. The Hall–Kier alpha value is -4.27. The van der Waals surface area contributed by atoms with Gasteiger partial charge in [0.1, 0.15) is 17.3 Å². The summed E-state index contributed by atoms with van der Waals surface area (Å²) in [6.07, 6.45) is 0. The number of halogens is 1. The molecule has 0 aliphatic heterocycles. The molecule has 3 rings (SSSR count). The second kappa shape index (κ2) is 11.7. The second-order valence-corrected chi connectivity index (χ2v) is 7.17. The largest absolute Gasteiger partial charge is 0.493 e. The highest BCUT2D eigenvalue weighted by atomic mass is 19.1. The molecule has 0 saturated carbocycles. The van der Waals surface area contributed by atoms with Gasteiger partial charge in [0.05, 0.1) is 44.4 Å². The maximum atomic E-state index is 13.2. The lowest BCUT2D eigenvalue weighted by molar-refractivity contribution is 0.101. The molecule has 35 heavy (non-hydrogen) atoms. The second-order valence-electron chi connectivity index (χ2n) is 7.17. The first-order valence-corrected chi connectivity index (χ1v) is 10.9. The van der Waals surface area contributed by atoms with Crippen molar-refractivity contribution in [3.63, 3.8) is 0 Å². The van der Waals surface area contributed by atoms with Crippen LogP contribution in [0.1, 0.15) is 34.6 Å². The summed E-state index contributed by atoms with van der Waals surface area (Å²) in [5.74, 6) is -0.000825. The maximum Gasteiger partial charge on any atom is 0.259 e. The average molecular weight is 483 g/mol. The molecule has 0 unspecified atom stereocenters. The number of amides is 2. The molecule has 2 amide bonds. The molecule has 0 radical (unpaired) electrons. The van der Waals surface area contributed by atoms with Gasteiger partial charge in [0, 0.05) is 17.7 Å². The number of carbonyl (C=O) groups is 2. The molecule has 184 valence electrons. The Balaban J connectivity index is 1.96. The number of rotatable bonds is 10. The number of methoxy groups -OCH3 is 2. The molecule has 2 N–H and O–H groups in total. The lowest BCUT2D eigenvalue weighted by atomic mass is 10.1. The van der Waals surface area contributed by atoms with E-state index in [2.05, 4.69) is 10.6 Å². The van der Waals surface area contributed by atoms with E-state index in [-0.39, 0.29) is 11.1 Å². The highest BCUT2D eigenvalue weighted by molar-refractivity contribution is 6.08. The number of benzene rings is 3. The van der Waals surface area contributed by atoms with Crippen LogP contribution in [0.3, 0.4) is 0 Å². The molecule has 8 nitrogen and oxygen atoms in total.